The van der Waals surface area contributed by atoms with Gasteiger partial charge in [-0.05, 0) is 19.8 Å². The number of aliphatic hydroxyl groups excluding tert-OH is 1. The van der Waals surface area contributed by atoms with E-state index in [9.17, 15) is 9.59 Å². The topological polar surface area (TPSA) is 103 Å². The van der Waals surface area contributed by atoms with Crippen molar-refractivity contribution in [1.82, 2.24) is 15.2 Å². The van der Waals surface area contributed by atoms with Gasteiger partial charge >= 0.3 is 12.0 Å². The number of aromatic nitrogens is 1. The van der Waals surface area contributed by atoms with Crippen LogP contribution >= 0.6 is 11.3 Å². The van der Waals surface area contributed by atoms with E-state index in [1.807, 2.05) is 0 Å². The van der Waals surface area contributed by atoms with Crippen molar-refractivity contribution >= 4 is 23.3 Å². The molecular weight excluding hydrogens is 282 g/mol. The number of nitrogens with one attached hydrogen (secondary N) is 1. The number of amides is 2. The molecule has 2 rings (SSSR count). The molecule has 1 aromatic heterocycles. The van der Waals surface area contributed by atoms with Crippen molar-refractivity contribution in [2.24, 2.45) is 0 Å². The molecule has 0 bridgehead atoms. The number of rotatable bonds is 6. The molecule has 8 heteroatoms. The number of aliphatic hydroxyl groups is 1. The van der Waals surface area contributed by atoms with Crippen LogP contribution in [0, 0.1) is 6.92 Å². The van der Waals surface area contributed by atoms with E-state index in [4.69, 9.17) is 10.2 Å². The molecule has 20 heavy (non-hydrogen) atoms. The highest BCUT2D eigenvalue weighted by molar-refractivity contribution is 7.13. The molecule has 1 aromatic rings. The van der Waals surface area contributed by atoms with Crippen molar-refractivity contribution in [2.45, 2.75) is 32.4 Å². The second-order valence-corrected chi connectivity index (χ2v) is 5.72. The number of aryl methyl sites for hydroxylation is 1. The first kappa shape index (κ1) is 14.7. The van der Waals surface area contributed by atoms with Gasteiger partial charge in [0, 0.05) is 12.6 Å². The fourth-order valence-electron chi connectivity index (χ4n) is 1.92. The summed E-state index contributed by atoms with van der Waals surface area (Å²) < 4.78 is 0. The lowest BCUT2D eigenvalue weighted by Gasteiger charge is -2.21. The van der Waals surface area contributed by atoms with Crippen LogP contribution in [0.1, 0.15) is 33.2 Å². The van der Waals surface area contributed by atoms with Crippen molar-refractivity contribution in [3.63, 3.8) is 0 Å². The van der Waals surface area contributed by atoms with E-state index in [0.717, 1.165) is 24.2 Å². The second-order valence-electron chi connectivity index (χ2n) is 4.63. The number of hydrogen-bond acceptors (Lipinski definition) is 5. The Morgan fingerprint density at radius 2 is 2.20 bits per heavy atom. The standard InChI is InChI=1S/C12H17N3O4S/c1-7-10(11(17)18)20-9(14-7)6-13-12(19)15(4-5-16)8-2-3-8/h8,16H,2-6H2,1H3,(H,13,19)(H,17,18). The van der Waals surface area contributed by atoms with Crippen LogP contribution in [0.4, 0.5) is 4.79 Å². The van der Waals surface area contributed by atoms with Crippen molar-refractivity contribution in [3.8, 4) is 0 Å². The fourth-order valence-corrected chi connectivity index (χ4v) is 2.77. The van der Waals surface area contributed by atoms with E-state index in [-0.39, 0.29) is 30.1 Å². The number of carboxylic acid groups (broad SMARTS) is 1. The van der Waals surface area contributed by atoms with Gasteiger partial charge in [-0.25, -0.2) is 14.6 Å². The molecule has 0 unspecified atom stereocenters. The SMILES string of the molecule is Cc1nc(CNC(=O)N(CCO)C2CC2)sc1C(=O)O. The number of nitrogens with zero attached hydrogens (tertiary/aromatic N) is 2. The van der Waals surface area contributed by atoms with Crippen molar-refractivity contribution in [3.05, 3.63) is 15.6 Å². The first-order valence-corrected chi connectivity index (χ1v) is 7.19. The number of carbonyl (C=O) groups excluding carboxylic acids is 1. The minimum absolute atomic E-state index is 0.0660. The summed E-state index contributed by atoms with van der Waals surface area (Å²) in [6.45, 7) is 2.08. The van der Waals surface area contributed by atoms with Gasteiger partial charge in [0.2, 0.25) is 0 Å². The number of urea groups is 1. The van der Waals surface area contributed by atoms with E-state index in [0.29, 0.717) is 17.2 Å². The third-order valence-electron chi connectivity index (χ3n) is 3.02. The van der Waals surface area contributed by atoms with Gasteiger partial charge in [-0.3, -0.25) is 0 Å². The molecule has 0 radical (unpaired) electrons. The Morgan fingerprint density at radius 1 is 1.50 bits per heavy atom. The molecular formula is C12H17N3O4S. The van der Waals surface area contributed by atoms with Gasteiger partial charge in [-0.1, -0.05) is 0 Å². The number of hydrogen-bond donors (Lipinski definition) is 3. The van der Waals surface area contributed by atoms with Crippen LogP contribution in [0.2, 0.25) is 0 Å². The van der Waals surface area contributed by atoms with Gasteiger partial charge in [-0.2, -0.15) is 0 Å². The van der Waals surface area contributed by atoms with Gasteiger partial charge in [0.1, 0.15) is 9.88 Å². The first-order chi connectivity index (χ1) is 9.52. The Balaban J connectivity index is 1.92. The molecule has 1 heterocycles. The van der Waals surface area contributed by atoms with Crippen LogP contribution in [-0.2, 0) is 6.54 Å². The van der Waals surface area contributed by atoms with Crippen LogP contribution < -0.4 is 5.32 Å². The Kier molecular flexibility index (Phi) is 4.56. The summed E-state index contributed by atoms with van der Waals surface area (Å²) in [7, 11) is 0. The zero-order valence-corrected chi connectivity index (χ0v) is 11.9. The van der Waals surface area contributed by atoms with Gasteiger partial charge < -0.3 is 20.4 Å². The fraction of sp³-hybridized carbons (Fsp3) is 0.583. The Bertz CT molecular complexity index is 513. The normalized spacial score (nSPS) is 14.1. The minimum Gasteiger partial charge on any atom is -0.477 e. The Labute approximate surface area is 120 Å². The summed E-state index contributed by atoms with van der Waals surface area (Å²) in [6.07, 6.45) is 1.93. The van der Waals surface area contributed by atoms with Crippen LogP contribution in [-0.4, -0.2) is 51.3 Å². The number of carboxylic acids is 1. The maximum absolute atomic E-state index is 12.0. The molecule has 1 aliphatic rings. The lowest BCUT2D eigenvalue weighted by molar-refractivity contribution is 0.0701. The summed E-state index contributed by atoms with van der Waals surface area (Å²) in [5.74, 6) is -1.00. The van der Waals surface area contributed by atoms with Crippen molar-refractivity contribution < 1.29 is 19.8 Å². The lowest BCUT2D eigenvalue weighted by Crippen LogP contribution is -2.42. The van der Waals surface area contributed by atoms with E-state index < -0.39 is 5.97 Å². The first-order valence-electron chi connectivity index (χ1n) is 6.38. The zero-order chi connectivity index (χ0) is 14.7. The van der Waals surface area contributed by atoms with Gasteiger partial charge in [0.25, 0.3) is 0 Å². The molecule has 1 saturated carbocycles. The molecule has 0 atom stereocenters. The molecule has 0 saturated heterocycles. The lowest BCUT2D eigenvalue weighted by atomic mass is 10.4. The largest absolute Gasteiger partial charge is 0.477 e. The zero-order valence-electron chi connectivity index (χ0n) is 11.1. The molecule has 1 aliphatic carbocycles. The minimum atomic E-state index is -1.00. The van der Waals surface area contributed by atoms with E-state index in [1.54, 1.807) is 11.8 Å². The third kappa shape index (κ3) is 3.45. The van der Waals surface area contributed by atoms with Crippen molar-refractivity contribution in [1.29, 1.82) is 0 Å². The summed E-state index contributed by atoms with van der Waals surface area (Å²) in [5.41, 5.74) is 0.459. The van der Waals surface area contributed by atoms with E-state index in [2.05, 4.69) is 10.3 Å². The Morgan fingerprint density at radius 3 is 2.70 bits per heavy atom. The molecule has 1 fully saturated rings. The number of carbonyl (C=O) groups is 2. The summed E-state index contributed by atoms with van der Waals surface area (Å²) in [6, 6.07) is -0.0268. The highest BCUT2D eigenvalue weighted by Gasteiger charge is 2.32. The van der Waals surface area contributed by atoms with Crippen LogP contribution in [0.15, 0.2) is 0 Å². The summed E-state index contributed by atoms with van der Waals surface area (Å²) in [5, 5.41) is 21.2. The third-order valence-corrected chi connectivity index (χ3v) is 4.16. The quantitative estimate of drug-likeness (QED) is 0.721. The average Bonchev–Trinajstić information content (AvgIpc) is 3.16. The van der Waals surface area contributed by atoms with Crippen LogP contribution in [0.5, 0.6) is 0 Å². The number of thiazole rings is 1. The number of aromatic carboxylic acids is 1. The molecule has 0 spiro atoms. The highest BCUT2D eigenvalue weighted by atomic mass is 32.1. The van der Waals surface area contributed by atoms with Crippen molar-refractivity contribution in [2.75, 3.05) is 13.2 Å². The maximum Gasteiger partial charge on any atom is 0.347 e. The predicted molar refractivity (Wildman–Crippen MR) is 72.9 cm³/mol. The molecule has 110 valence electrons. The van der Waals surface area contributed by atoms with E-state index in [1.165, 1.54) is 0 Å². The molecule has 3 N–H and O–H groups in total. The smallest absolute Gasteiger partial charge is 0.347 e. The van der Waals surface area contributed by atoms with Gasteiger partial charge in [-0.15, -0.1) is 11.3 Å². The maximum atomic E-state index is 12.0. The Hall–Kier alpha value is -1.67. The molecule has 0 aliphatic heterocycles. The molecule has 0 aromatic carbocycles. The highest BCUT2D eigenvalue weighted by Crippen LogP contribution is 2.26. The average molecular weight is 299 g/mol. The van der Waals surface area contributed by atoms with Crippen LogP contribution in [0.3, 0.4) is 0 Å². The predicted octanol–water partition coefficient (Wildman–Crippen LogP) is 0.816. The second kappa shape index (κ2) is 6.19. The van der Waals surface area contributed by atoms with Gasteiger partial charge in [0.15, 0.2) is 0 Å². The van der Waals surface area contributed by atoms with Crippen LogP contribution in [0.25, 0.3) is 0 Å². The summed E-state index contributed by atoms with van der Waals surface area (Å²) in [4.78, 5) is 28.8. The van der Waals surface area contributed by atoms with Gasteiger partial charge in [0.05, 0.1) is 18.8 Å². The molecule has 7 nitrogen and oxygen atoms in total. The molecule has 2 amide bonds. The monoisotopic (exact) mass is 299 g/mol. The summed E-state index contributed by atoms with van der Waals surface area (Å²) >= 11 is 1.07. The van der Waals surface area contributed by atoms with E-state index >= 15 is 0 Å².